The molecule has 0 aliphatic carbocycles. The lowest BCUT2D eigenvalue weighted by Gasteiger charge is -2.10. The molecule has 146 valence electrons. The quantitative estimate of drug-likeness (QED) is 0.318. The minimum absolute atomic E-state index is 0. The smallest absolute Gasteiger partial charge is 0.191 e. The summed E-state index contributed by atoms with van der Waals surface area (Å²) in [4.78, 5) is 10.5. The zero-order valence-corrected chi connectivity index (χ0v) is 19.2. The van der Waals surface area contributed by atoms with Crippen molar-refractivity contribution in [1.29, 1.82) is 0 Å². The molecule has 0 aliphatic heterocycles. The van der Waals surface area contributed by atoms with Gasteiger partial charge in [-0.1, -0.05) is 25.9 Å². The summed E-state index contributed by atoms with van der Waals surface area (Å²) in [6.07, 6.45) is 5.63. The van der Waals surface area contributed by atoms with Crippen LogP contribution >= 0.6 is 35.3 Å². The number of halogens is 1. The molecule has 0 aliphatic rings. The second kappa shape index (κ2) is 12.3. The SMILES string of the molecule is CCNC(=NCc1c(CC)noc1CC)NCCc1ncc(CC)s1.I. The van der Waals surface area contributed by atoms with Crippen LogP contribution < -0.4 is 10.6 Å². The fourth-order valence-electron chi connectivity index (χ4n) is 2.53. The summed E-state index contributed by atoms with van der Waals surface area (Å²) in [6.45, 7) is 10.6. The van der Waals surface area contributed by atoms with Gasteiger partial charge in [0.1, 0.15) is 5.76 Å². The second-order valence-electron chi connectivity index (χ2n) is 5.68. The Hall–Kier alpha value is -1.16. The highest BCUT2D eigenvalue weighted by atomic mass is 127. The van der Waals surface area contributed by atoms with Crippen molar-refractivity contribution in [2.45, 2.75) is 59.9 Å². The molecule has 0 radical (unpaired) electrons. The Labute approximate surface area is 177 Å². The first-order valence-electron chi connectivity index (χ1n) is 9.13. The van der Waals surface area contributed by atoms with Crippen LogP contribution in [0.25, 0.3) is 0 Å². The highest BCUT2D eigenvalue weighted by Gasteiger charge is 2.13. The third-order valence-electron chi connectivity index (χ3n) is 3.93. The zero-order valence-electron chi connectivity index (χ0n) is 16.1. The number of aliphatic imine (C=N–C) groups is 1. The maximum Gasteiger partial charge on any atom is 0.191 e. The second-order valence-corrected chi connectivity index (χ2v) is 6.88. The van der Waals surface area contributed by atoms with Gasteiger partial charge in [0.05, 0.1) is 17.2 Å². The number of hydrogen-bond acceptors (Lipinski definition) is 5. The van der Waals surface area contributed by atoms with Crippen LogP contribution in [-0.2, 0) is 32.2 Å². The molecule has 2 aromatic rings. The first-order valence-corrected chi connectivity index (χ1v) is 9.95. The van der Waals surface area contributed by atoms with Gasteiger partial charge in [-0.15, -0.1) is 35.3 Å². The lowest BCUT2D eigenvalue weighted by Crippen LogP contribution is -2.38. The molecule has 2 N–H and O–H groups in total. The van der Waals surface area contributed by atoms with E-state index in [1.807, 2.05) is 6.20 Å². The third kappa shape index (κ3) is 6.53. The van der Waals surface area contributed by atoms with Gasteiger partial charge in [-0.2, -0.15) is 0 Å². The first-order chi connectivity index (χ1) is 12.2. The Bertz CT molecular complexity index is 661. The van der Waals surface area contributed by atoms with Gasteiger partial charge in [-0.25, -0.2) is 9.98 Å². The molecule has 2 rings (SSSR count). The molecule has 0 unspecified atom stereocenters. The van der Waals surface area contributed by atoms with Crippen molar-refractivity contribution < 1.29 is 4.52 Å². The molecule has 0 fully saturated rings. The van der Waals surface area contributed by atoms with Crippen molar-refractivity contribution in [3.63, 3.8) is 0 Å². The average molecular weight is 491 g/mol. The Balaban J connectivity index is 0.00000338. The van der Waals surface area contributed by atoms with Crippen molar-refractivity contribution in [2.75, 3.05) is 13.1 Å². The Morgan fingerprint density at radius 1 is 1.15 bits per heavy atom. The average Bonchev–Trinajstić information content (AvgIpc) is 3.25. The monoisotopic (exact) mass is 491 g/mol. The maximum atomic E-state index is 5.41. The van der Waals surface area contributed by atoms with Crippen molar-refractivity contribution in [2.24, 2.45) is 4.99 Å². The summed E-state index contributed by atoms with van der Waals surface area (Å²) in [5, 5.41) is 12.0. The van der Waals surface area contributed by atoms with E-state index in [1.54, 1.807) is 11.3 Å². The number of guanidine groups is 1. The van der Waals surface area contributed by atoms with Crippen LogP contribution in [0.2, 0.25) is 0 Å². The summed E-state index contributed by atoms with van der Waals surface area (Å²) >= 11 is 1.79. The first kappa shape index (κ1) is 22.9. The predicted octanol–water partition coefficient (Wildman–Crippen LogP) is 3.73. The normalized spacial score (nSPS) is 11.3. The molecule has 0 saturated carbocycles. The lowest BCUT2D eigenvalue weighted by molar-refractivity contribution is 0.380. The van der Waals surface area contributed by atoms with E-state index in [-0.39, 0.29) is 24.0 Å². The molecule has 8 heteroatoms. The molecule has 0 amide bonds. The highest BCUT2D eigenvalue weighted by Crippen LogP contribution is 2.17. The third-order valence-corrected chi connectivity index (χ3v) is 5.13. The summed E-state index contributed by atoms with van der Waals surface area (Å²) in [5.74, 6) is 1.76. The van der Waals surface area contributed by atoms with Gasteiger partial charge in [0, 0.05) is 42.6 Å². The fourth-order valence-corrected chi connectivity index (χ4v) is 3.39. The molecule has 26 heavy (non-hydrogen) atoms. The number of aromatic nitrogens is 2. The standard InChI is InChI=1S/C18H29N5OS.HI/c1-5-13-11-21-17(25-13)9-10-20-18(19-8-4)22-12-14-15(6-2)23-24-16(14)7-3;/h11H,5-10,12H2,1-4H3,(H2,19,20,22);1H. The van der Waals surface area contributed by atoms with Crippen LogP contribution in [0, 0.1) is 0 Å². The van der Waals surface area contributed by atoms with Gasteiger partial charge >= 0.3 is 0 Å². The molecular weight excluding hydrogens is 461 g/mol. The van der Waals surface area contributed by atoms with E-state index in [9.17, 15) is 0 Å². The van der Waals surface area contributed by atoms with Crippen LogP contribution in [0.4, 0.5) is 0 Å². The van der Waals surface area contributed by atoms with Gasteiger partial charge in [-0.05, 0) is 19.8 Å². The minimum Gasteiger partial charge on any atom is -0.361 e. The Morgan fingerprint density at radius 2 is 1.96 bits per heavy atom. The zero-order chi connectivity index (χ0) is 18.1. The fraction of sp³-hybridized carbons (Fsp3) is 0.611. The van der Waals surface area contributed by atoms with Crippen molar-refractivity contribution >= 4 is 41.3 Å². The summed E-state index contributed by atoms with van der Waals surface area (Å²) in [6, 6.07) is 0. The lowest BCUT2D eigenvalue weighted by atomic mass is 10.1. The molecular formula is C18H30IN5OS. The van der Waals surface area contributed by atoms with E-state index in [0.29, 0.717) is 6.54 Å². The van der Waals surface area contributed by atoms with Crippen molar-refractivity contribution in [1.82, 2.24) is 20.8 Å². The van der Waals surface area contributed by atoms with Crippen LogP contribution in [0.5, 0.6) is 0 Å². The van der Waals surface area contributed by atoms with Gasteiger partial charge < -0.3 is 15.2 Å². The number of aryl methyl sites for hydroxylation is 3. The molecule has 6 nitrogen and oxygen atoms in total. The van der Waals surface area contributed by atoms with Gasteiger partial charge in [-0.3, -0.25) is 0 Å². The van der Waals surface area contributed by atoms with E-state index >= 15 is 0 Å². The summed E-state index contributed by atoms with van der Waals surface area (Å²) in [5.41, 5.74) is 2.13. The Morgan fingerprint density at radius 3 is 2.58 bits per heavy atom. The largest absolute Gasteiger partial charge is 0.361 e. The van der Waals surface area contributed by atoms with Crippen LogP contribution in [-0.4, -0.2) is 29.2 Å². The number of hydrogen-bond donors (Lipinski definition) is 2. The van der Waals surface area contributed by atoms with E-state index in [0.717, 1.165) is 61.7 Å². The maximum absolute atomic E-state index is 5.41. The van der Waals surface area contributed by atoms with Crippen molar-refractivity contribution in [3.8, 4) is 0 Å². The summed E-state index contributed by atoms with van der Waals surface area (Å²) in [7, 11) is 0. The molecule has 2 heterocycles. The Kier molecular flexibility index (Phi) is 10.8. The van der Waals surface area contributed by atoms with Crippen LogP contribution in [0.3, 0.4) is 0 Å². The minimum atomic E-state index is 0. The van der Waals surface area contributed by atoms with Gasteiger partial charge in [0.15, 0.2) is 5.96 Å². The van der Waals surface area contributed by atoms with Crippen LogP contribution in [0.1, 0.15) is 54.6 Å². The van der Waals surface area contributed by atoms with E-state index < -0.39 is 0 Å². The number of nitrogens with zero attached hydrogens (tertiary/aromatic N) is 3. The molecule has 2 aromatic heterocycles. The summed E-state index contributed by atoms with van der Waals surface area (Å²) < 4.78 is 5.41. The molecule has 0 saturated heterocycles. The molecule has 0 bridgehead atoms. The molecule has 0 aromatic carbocycles. The van der Waals surface area contributed by atoms with Gasteiger partial charge in [0.2, 0.25) is 0 Å². The molecule has 0 atom stereocenters. The number of nitrogens with one attached hydrogen (secondary N) is 2. The predicted molar refractivity (Wildman–Crippen MR) is 119 cm³/mol. The van der Waals surface area contributed by atoms with E-state index in [2.05, 4.69) is 48.5 Å². The van der Waals surface area contributed by atoms with E-state index in [1.165, 1.54) is 9.88 Å². The number of thiazole rings is 1. The topological polar surface area (TPSA) is 75.3 Å². The number of rotatable bonds is 9. The van der Waals surface area contributed by atoms with Gasteiger partial charge in [0.25, 0.3) is 0 Å². The van der Waals surface area contributed by atoms with Crippen molar-refractivity contribution in [3.05, 3.63) is 33.1 Å². The van der Waals surface area contributed by atoms with Crippen LogP contribution in [0.15, 0.2) is 15.7 Å². The highest BCUT2D eigenvalue weighted by molar-refractivity contribution is 14.0. The van der Waals surface area contributed by atoms with E-state index in [4.69, 9.17) is 9.52 Å². The molecule has 0 spiro atoms.